The molecule has 1 rings (SSSR count). The van der Waals surface area contributed by atoms with Gasteiger partial charge in [-0.1, -0.05) is 37.3 Å². The molecule has 0 fully saturated rings. The van der Waals surface area contributed by atoms with Gasteiger partial charge in [-0.3, -0.25) is 9.59 Å². The lowest BCUT2D eigenvalue weighted by molar-refractivity contribution is -0.875. The van der Waals surface area contributed by atoms with E-state index in [1.807, 2.05) is 30.3 Å². The summed E-state index contributed by atoms with van der Waals surface area (Å²) in [5, 5.41) is 11.3. The zero-order chi connectivity index (χ0) is 20.0. The third-order valence-corrected chi connectivity index (χ3v) is 3.89. The summed E-state index contributed by atoms with van der Waals surface area (Å²) in [4.78, 5) is 36.3. The quantitative estimate of drug-likeness (QED) is 0.449. The van der Waals surface area contributed by atoms with Gasteiger partial charge in [0.1, 0.15) is 12.6 Å². The average molecular weight is 364 g/mol. The number of rotatable bonds is 10. The van der Waals surface area contributed by atoms with Crippen molar-refractivity contribution in [2.45, 2.75) is 37.8 Å². The van der Waals surface area contributed by atoms with Gasteiger partial charge in [0, 0.05) is 18.8 Å². The van der Waals surface area contributed by atoms with Crippen LogP contribution in [0.3, 0.4) is 0 Å². The van der Waals surface area contributed by atoms with Gasteiger partial charge in [0.15, 0.2) is 5.78 Å². The van der Waals surface area contributed by atoms with Gasteiger partial charge >= 0.3 is 5.97 Å². The highest BCUT2D eigenvalue weighted by Gasteiger charge is 2.46. The molecule has 0 spiro atoms. The van der Waals surface area contributed by atoms with E-state index in [9.17, 15) is 19.5 Å². The van der Waals surface area contributed by atoms with Crippen LogP contribution in [0.2, 0.25) is 0 Å². The molecule has 0 bridgehead atoms. The number of ether oxygens (including phenoxy) is 1. The highest BCUT2D eigenvalue weighted by molar-refractivity contribution is 5.93. The van der Waals surface area contributed by atoms with Gasteiger partial charge in [-0.05, 0) is 12.0 Å². The minimum atomic E-state index is -1.79. The molecule has 0 aliphatic rings. The summed E-state index contributed by atoms with van der Waals surface area (Å²) in [6, 6.07) is 8.14. The molecule has 0 amide bonds. The molecule has 2 N–H and O–H groups in total. The van der Waals surface area contributed by atoms with Crippen LogP contribution >= 0.6 is 0 Å². The summed E-state index contributed by atoms with van der Waals surface area (Å²) in [5.41, 5.74) is 4.99. The Morgan fingerprint density at radius 1 is 1.19 bits per heavy atom. The molecular formula is C19H28N2O5. The van der Waals surface area contributed by atoms with Crippen molar-refractivity contribution in [1.82, 2.24) is 0 Å². The number of Topliss-reactive ketones (excluding diaryl/α,β-unsaturated/α-hetero) is 1. The zero-order valence-corrected chi connectivity index (χ0v) is 15.9. The van der Waals surface area contributed by atoms with Crippen LogP contribution in [0, 0.1) is 0 Å². The lowest BCUT2D eigenvalue weighted by Crippen LogP contribution is -2.59. The van der Waals surface area contributed by atoms with Crippen molar-refractivity contribution >= 4 is 17.7 Å². The number of esters is 1. The molecule has 0 aliphatic heterocycles. The van der Waals surface area contributed by atoms with Crippen molar-refractivity contribution < 1.29 is 28.7 Å². The summed E-state index contributed by atoms with van der Waals surface area (Å²) in [5.74, 6) is -2.72. The monoisotopic (exact) mass is 364 g/mol. The van der Waals surface area contributed by atoms with Crippen LogP contribution in [0.25, 0.3) is 0 Å². The van der Waals surface area contributed by atoms with Gasteiger partial charge in [-0.25, -0.2) is 0 Å². The van der Waals surface area contributed by atoms with E-state index in [1.165, 1.54) is 0 Å². The molecule has 0 saturated heterocycles. The van der Waals surface area contributed by atoms with Crippen molar-refractivity contribution in [3.05, 3.63) is 35.9 Å². The lowest BCUT2D eigenvalue weighted by Gasteiger charge is -2.38. The van der Waals surface area contributed by atoms with Crippen molar-refractivity contribution in [3.63, 3.8) is 0 Å². The third kappa shape index (κ3) is 6.57. The number of quaternary nitrogens is 1. The van der Waals surface area contributed by atoms with Crippen LogP contribution in [0.5, 0.6) is 0 Å². The standard InChI is InChI=1S/C19H28N2O5/c1-5-16(22)19(12-17(23)24,13-21(2,3)4)26-18(25)15(20)11-14-9-7-6-8-10-14/h6-10,15H,5,11-13,20H2,1-4H3/t15-,19+/m0/s1. The molecule has 0 radical (unpaired) electrons. The Kier molecular flexibility index (Phi) is 7.47. The topological polar surface area (TPSA) is 110 Å². The molecule has 7 heteroatoms. The highest BCUT2D eigenvalue weighted by Crippen LogP contribution is 2.24. The summed E-state index contributed by atoms with van der Waals surface area (Å²) in [6.45, 7) is 1.61. The average Bonchev–Trinajstić information content (AvgIpc) is 2.52. The molecular weight excluding hydrogens is 336 g/mol. The minimum absolute atomic E-state index is 0.0114. The highest BCUT2D eigenvalue weighted by atomic mass is 16.6. The number of carbonyl (C=O) groups excluding carboxylic acids is 3. The van der Waals surface area contributed by atoms with Gasteiger partial charge in [0.05, 0.1) is 21.1 Å². The van der Waals surface area contributed by atoms with Crippen LogP contribution in [0.4, 0.5) is 0 Å². The number of likely N-dealkylation sites (N-methyl/N-ethyl adjacent to an activating group) is 1. The Bertz CT molecular complexity index is 639. The van der Waals surface area contributed by atoms with Crippen molar-refractivity contribution in [2.75, 3.05) is 27.7 Å². The molecule has 7 nitrogen and oxygen atoms in total. The maximum absolute atomic E-state index is 12.5. The van der Waals surface area contributed by atoms with Gasteiger partial charge < -0.3 is 24.9 Å². The molecule has 0 aliphatic carbocycles. The fourth-order valence-corrected chi connectivity index (χ4v) is 2.91. The van der Waals surface area contributed by atoms with E-state index in [-0.39, 0.29) is 23.9 Å². The second-order valence-electron chi connectivity index (χ2n) is 7.49. The Morgan fingerprint density at radius 2 is 1.77 bits per heavy atom. The van der Waals surface area contributed by atoms with Crippen LogP contribution in [-0.4, -0.2) is 61.5 Å². The Balaban J connectivity index is 3.06. The molecule has 0 saturated carbocycles. The third-order valence-electron chi connectivity index (χ3n) is 3.89. The maximum Gasteiger partial charge on any atom is 0.324 e. The lowest BCUT2D eigenvalue weighted by atomic mass is 9.90. The van der Waals surface area contributed by atoms with Crippen molar-refractivity contribution in [3.8, 4) is 0 Å². The van der Waals surface area contributed by atoms with Crippen LogP contribution in [0.15, 0.2) is 30.3 Å². The molecule has 1 aromatic rings. The minimum Gasteiger partial charge on any atom is -0.550 e. The molecule has 144 valence electrons. The second kappa shape index (κ2) is 8.91. The number of benzene rings is 1. The number of carboxylic acid groups (broad SMARTS) is 1. The fourth-order valence-electron chi connectivity index (χ4n) is 2.91. The smallest absolute Gasteiger partial charge is 0.324 e. The van der Waals surface area contributed by atoms with E-state index in [0.717, 1.165) is 5.56 Å². The predicted octanol–water partition coefficient (Wildman–Crippen LogP) is -0.336. The van der Waals surface area contributed by atoms with Crippen LogP contribution in [0.1, 0.15) is 25.3 Å². The number of carbonyl (C=O) groups is 3. The number of nitrogens with zero attached hydrogens (tertiary/aromatic N) is 1. The number of hydrogen-bond donors (Lipinski definition) is 1. The summed E-state index contributed by atoms with van der Waals surface area (Å²) in [6.07, 6.45) is -0.431. The van der Waals surface area contributed by atoms with Crippen LogP contribution < -0.4 is 10.8 Å². The first-order valence-electron chi connectivity index (χ1n) is 8.55. The Labute approximate surface area is 154 Å². The van der Waals surface area contributed by atoms with E-state index in [2.05, 4.69) is 0 Å². The summed E-state index contributed by atoms with van der Waals surface area (Å²) >= 11 is 0. The molecule has 0 heterocycles. The largest absolute Gasteiger partial charge is 0.550 e. The second-order valence-corrected chi connectivity index (χ2v) is 7.49. The zero-order valence-electron chi connectivity index (χ0n) is 15.9. The fraction of sp³-hybridized carbons (Fsp3) is 0.526. The molecule has 26 heavy (non-hydrogen) atoms. The van der Waals surface area contributed by atoms with Gasteiger partial charge in [0.2, 0.25) is 5.60 Å². The maximum atomic E-state index is 12.5. The van der Waals surface area contributed by atoms with Gasteiger partial charge in [0.25, 0.3) is 0 Å². The van der Waals surface area contributed by atoms with Crippen molar-refractivity contribution in [1.29, 1.82) is 0 Å². The molecule has 0 aromatic heterocycles. The molecule has 0 unspecified atom stereocenters. The van der Waals surface area contributed by atoms with E-state index >= 15 is 0 Å². The molecule has 2 atom stereocenters. The first kappa shape index (κ1) is 21.8. The first-order valence-corrected chi connectivity index (χ1v) is 8.55. The van der Waals surface area contributed by atoms with Gasteiger partial charge in [-0.2, -0.15) is 0 Å². The Hall–Kier alpha value is -2.25. The number of nitrogens with two attached hydrogens (primary N) is 1. The molecule has 1 aromatic carbocycles. The summed E-state index contributed by atoms with van der Waals surface area (Å²) in [7, 11) is 5.35. The van der Waals surface area contributed by atoms with E-state index in [4.69, 9.17) is 10.5 Å². The Morgan fingerprint density at radius 3 is 2.23 bits per heavy atom. The normalized spacial score (nSPS) is 15.0. The number of carboxylic acids is 1. The number of hydrogen-bond acceptors (Lipinski definition) is 6. The van der Waals surface area contributed by atoms with E-state index in [0.29, 0.717) is 0 Å². The van der Waals surface area contributed by atoms with Crippen LogP contribution in [-0.2, 0) is 25.5 Å². The van der Waals surface area contributed by atoms with E-state index in [1.54, 1.807) is 28.1 Å². The SMILES string of the molecule is CCC(=O)[C@@](CC(=O)[O-])(C[N+](C)(C)C)OC(=O)[C@@H](N)Cc1ccccc1. The predicted molar refractivity (Wildman–Crippen MR) is 94.8 cm³/mol. The van der Waals surface area contributed by atoms with Crippen molar-refractivity contribution in [2.24, 2.45) is 5.73 Å². The van der Waals surface area contributed by atoms with Gasteiger partial charge in [-0.15, -0.1) is 0 Å². The summed E-state index contributed by atoms with van der Waals surface area (Å²) < 4.78 is 5.70. The van der Waals surface area contributed by atoms with E-state index < -0.39 is 35.8 Å². The number of ketones is 1. The first-order chi connectivity index (χ1) is 12.0. The number of aliphatic carboxylic acids is 1.